The maximum Gasteiger partial charge on any atom is 0.223 e. The van der Waals surface area contributed by atoms with Crippen LogP contribution < -0.4 is 11.1 Å². The molecule has 0 aliphatic heterocycles. The van der Waals surface area contributed by atoms with Gasteiger partial charge in [-0.1, -0.05) is 26.0 Å². The van der Waals surface area contributed by atoms with E-state index in [0.717, 1.165) is 25.7 Å². The quantitative estimate of drug-likeness (QED) is 0.700. The van der Waals surface area contributed by atoms with Crippen LogP contribution in [-0.2, 0) is 4.79 Å². The molecule has 0 spiro atoms. The van der Waals surface area contributed by atoms with Gasteiger partial charge in [-0.15, -0.1) is 0 Å². The first kappa shape index (κ1) is 13.2. The zero-order valence-corrected chi connectivity index (χ0v) is 10.4. The molecule has 2 atom stereocenters. The van der Waals surface area contributed by atoms with Crippen molar-refractivity contribution < 1.29 is 4.79 Å². The zero-order chi connectivity index (χ0) is 12.0. The number of carbonyl (C=O) groups excluding carboxylic acids is 1. The SMILES string of the molecule is CC(C)CC(CN)NC(=O)C1CC=CCC1. The molecule has 0 saturated heterocycles. The van der Waals surface area contributed by atoms with E-state index in [0.29, 0.717) is 12.5 Å². The average molecular weight is 224 g/mol. The van der Waals surface area contributed by atoms with Crippen molar-refractivity contribution in [1.29, 1.82) is 0 Å². The van der Waals surface area contributed by atoms with Gasteiger partial charge in [-0.05, 0) is 31.6 Å². The molecule has 0 aromatic carbocycles. The molecule has 92 valence electrons. The standard InChI is InChI=1S/C13H24N2O/c1-10(2)8-12(9-14)15-13(16)11-6-4-3-5-7-11/h3-4,10-12H,5-9,14H2,1-2H3,(H,15,16). The predicted molar refractivity (Wildman–Crippen MR) is 66.9 cm³/mol. The van der Waals surface area contributed by atoms with E-state index in [1.165, 1.54) is 0 Å². The molecule has 0 fully saturated rings. The van der Waals surface area contributed by atoms with Gasteiger partial charge < -0.3 is 11.1 Å². The lowest BCUT2D eigenvalue weighted by molar-refractivity contribution is -0.126. The molecule has 0 radical (unpaired) electrons. The summed E-state index contributed by atoms with van der Waals surface area (Å²) in [5, 5.41) is 3.07. The molecule has 0 aromatic heterocycles. The second-order valence-corrected chi connectivity index (χ2v) is 5.05. The van der Waals surface area contributed by atoms with E-state index in [2.05, 4.69) is 31.3 Å². The van der Waals surface area contributed by atoms with Gasteiger partial charge in [0.2, 0.25) is 5.91 Å². The van der Waals surface area contributed by atoms with Gasteiger partial charge >= 0.3 is 0 Å². The average Bonchev–Trinajstić information content (AvgIpc) is 2.28. The molecule has 0 bridgehead atoms. The van der Waals surface area contributed by atoms with E-state index >= 15 is 0 Å². The van der Waals surface area contributed by atoms with Crippen molar-refractivity contribution >= 4 is 5.91 Å². The summed E-state index contributed by atoms with van der Waals surface area (Å²) in [5.74, 6) is 0.909. The van der Waals surface area contributed by atoms with Crippen molar-refractivity contribution in [3.63, 3.8) is 0 Å². The molecule has 1 aliphatic rings. The van der Waals surface area contributed by atoms with Gasteiger partial charge in [-0.3, -0.25) is 4.79 Å². The fraction of sp³-hybridized carbons (Fsp3) is 0.769. The Balaban J connectivity index is 2.38. The summed E-state index contributed by atoms with van der Waals surface area (Å²) >= 11 is 0. The van der Waals surface area contributed by atoms with Gasteiger partial charge in [0.05, 0.1) is 0 Å². The normalized spacial score (nSPS) is 22.1. The number of nitrogens with two attached hydrogens (primary N) is 1. The summed E-state index contributed by atoms with van der Waals surface area (Å²) in [6, 6.07) is 0.137. The maximum atomic E-state index is 11.9. The van der Waals surface area contributed by atoms with Crippen molar-refractivity contribution in [2.75, 3.05) is 6.54 Å². The fourth-order valence-corrected chi connectivity index (χ4v) is 2.13. The second-order valence-electron chi connectivity index (χ2n) is 5.05. The van der Waals surface area contributed by atoms with Crippen LogP contribution in [0.3, 0.4) is 0 Å². The highest BCUT2D eigenvalue weighted by molar-refractivity contribution is 5.79. The Labute approximate surface area is 98.5 Å². The molecule has 0 aromatic rings. The smallest absolute Gasteiger partial charge is 0.223 e. The van der Waals surface area contributed by atoms with Crippen molar-refractivity contribution in [3.05, 3.63) is 12.2 Å². The van der Waals surface area contributed by atoms with E-state index in [1.807, 2.05) is 0 Å². The van der Waals surface area contributed by atoms with Crippen molar-refractivity contribution in [1.82, 2.24) is 5.32 Å². The third kappa shape index (κ3) is 4.35. The summed E-state index contributed by atoms with van der Waals surface area (Å²) in [6.45, 7) is 4.84. The molecule has 1 aliphatic carbocycles. The summed E-state index contributed by atoms with van der Waals surface area (Å²) in [5.41, 5.74) is 5.67. The van der Waals surface area contributed by atoms with Crippen LogP contribution in [0.4, 0.5) is 0 Å². The molecule has 0 saturated carbocycles. The number of carbonyl (C=O) groups is 1. The second kappa shape index (κ2) is 6.69. The highest BCUT2D eigenvalue weighted by Crippen LogP contribution is 2.18. The Morgan fingerprint density at radius 2 is 2.25 bits per heavy atom. The first-order chi connectivity index (χ1) is 7.63. The van der Waals surface area contributed by atoms with Crippen molar-refractivity contribution in [3.8, 4) is 0 Å². The number of rotatable bonds is 5. The Morgan fingerprint density at radius 3 is 2.75 bits per heavy atom. The van der Waals surface area contributed by atoms with E-state index in [-0.39, 0.29) is 17.9 Å². The number of amides is 1. The van der Waals surface area contributed by atoms with E-state index in [1.54, 1.807) is 0 Å². The molecule has 1 rings (SSSR count). The largest absolute Gasteiger partial charge is 0.352 e. The molecular weight excluding hydrogens is 200 g/mol. The molecule has 1 amide bonds. The van der Waals surface area contributed by atoms with Crippen LogP contribution in [0.15, 0.2) is 12.2 Å². The van der Waals surface area contributed by atoms with Crippen LogP contribution in [-0.4, -0.2) is 18.5 Å². The summed E-state index contributed by atoms with van der Waals surface area (Å²) in [4.78, 5) is 11.9. The van der Waals surface area contributed by atoms with Crippen LogP contribution in [0.1, 0.15) is 39.5 Å². The van der Waals surface area contributed by atoms with Gasteiger partial charge in [-0.2, -0.15) is 0 Å². The Bertz CT molecular complexity index is 248. The number of hydrogen-bond acceptors (Lipinski definition) is 2. The topological polar surface area (TPSA) is 55.1 Å². The fourth-order valence-electron chi connectivity index (χ4n) is 2.13. The highest BCUT2D eigenvalue weighted by Gasteiger charge is 2.21. The number of nitrogens with one attached hydrogen (secondary N) is 1. The third-order valence-corrected chi connectivity index (χ3v) is 3.03. The van der Waals surface area contributed by atoms with E-state index in [4.69, 9.17) is 5.73 Å². The monoisotopic (exact) mass is 224 g/mol. The lowest BCUT2D eigenvalue weighted by atomic mass is 9.93. The van der Waals surface area contributed by atoms with Crippen molar-refractivity contribution in [2.24, 2.45) is 17.6 Å². The molecule has 2 unspecified atom stereocenters. The van der Waals surface area contributed by atoms with Gasteiger partial charge in [-0.25, -0.2) is 0 Å². The summed E-state index contributed by atoms with van der Waals surface area (Å²) in [6.07, 6.45) is 8.10. The van der Waals surface area contributed by atoms with Gasteiger partial charge in [0.1, 0.15) is 0 Å². The maximum absolute atomic E-state index is 11.9. The molecule has 0 heterocycles. The summed E-state index contributed by atoms with van der Waals surface area (Å²) < 4.78 is 0. The number of allylic oxidation sites excluding steroid dienone is 2. The molecule has 3 N–H and O–H groups in total. The van der Waals surface area contributed by atoms with E-state index in [9.17, 15) is 4.79 Å². The Morgan fingerprint density at radius 1 is 1.50 bits per heavy atom. The van der Waals surface area contributed by atoms with Crippen molar-refractivity contribution in [2.45, 2.75) is 45.6 Å². The van der Waals surface area contributed by atoms with Crippen LogP contribution in [0.25, 0.3) is 0 Å². The first-order valence-corrected chi connectivity index (χ1v) is 6.29. The van der Waals surface area contributed by atoms with Crippen LogP contribution in [0, 0.1) is 11.8 Å². The molecule has 3 nitrogen and oxygen atoms in total. The highest BCUT2D eigenvalue weighted by atomic mass is 16.1. The van der Waals surface area contributed by atoms with Crippen LogP contribution >= 0.6 is 0 Å². The minimum absolute atomic E-state index is 0.137. The van der Waals surface area contributed by atoms with Crippen LogP contribution in [0.5, 0.6) is 0 Å². The van der Waals surface area contributed by atoms with E-state index < -0.39 is 0 Å². The van der Waals surface area contributed by atoms with Gasteiger partial charge in [0, 0.05) is 18.5 Å². The minimum atomic E-state index is 0.137. The molecular formula is C13H24N2O. The third-order valence-electron chi connectivity index (χ3n) is 3.03. The predicted octanol–water partition coefficient (Wildman–Crippen LogP) is 1.83. The van der Waals surface area contributed by atoms with Gasteiger partial charge in [0.25, 0.3) is 0 Å². The minimum Gasteiger partial charge on any atom is -0.352 e. The molecule has 3 heteroatoms. The van der Waals surface area contributed by atoms with Crippen LogP contribution in [0.2, 0.25) is 0 Å². The summed E-state index contributed by atoms with van der Waals surface area (Å²) in [7, 11) is 0. The Kier molecular flexibility index (Phi) is 5.53. The first-order valence-electron chi connectivity index (χ1n) is 6.29. The molecule has 16 heavy (non-hydrogen) atoms. The number of hydrogen-bond donors (Lipinski definition) is 2. The Hall–Kier alpha value is -0.830. The van der Waals surface area contributed by atoms with Gasteiger partial charge in [0.15, 0.2) is 0 Å². The lowest BCUT2D eigenvalue weighted by Crippen LogP contribution is -2.43. The zero-order valence-electron chi connectivity index (χ0n) is 10.4. The lowest BCUT2D eigenvalue weighted by Gasteiger charge is -2.23.